The number of unbranched alkanes of at least 4 members (excludes halogenated alkanes) is 2. The van der Waals surface area contributed by atoms with Crippen LogP contribution in [-0.4, -0.2) is 36.9 Å². The van der Waals surface area contributed by atoms with Crippen molar-refractivity contribution in [2.75, 3.05) is 13.2 Å². The van der Waals surface area contributed by atoms with Crippen LogP contribution in [0.1, 0.15) is 57.9 Å². The monoisotopic (exact) mass is 570 g/mol. The average Bonchev–Trinajstić information content (AvgIpc) is 3.01. The van der Waals surface area contributed by atoms with Gasteiger partial charge in [-0.3, -0.25) is 0 Å². The maximum Gasteiger partial charge on any atom is 0.338 e. The highest BCUT2D eigenvalue weighted by Gasteiger charge is 2.18. The standard InChI is InChI=1S/C36H42O6/c1-5-6-7-10-27-12-14-28(15-13-27)30-18-21-32(33(23-30)42-35(37)25(2)3)29-16-19-31(20-17-29)41-36(38)26(4)24-40-34-11-8-9-22-39-34/h12-21,23,34,36,38H,2,4-11,22,24H2,1,3H3. The number of esters is 1. The molecular weight excluding hydrogens is 528 g/mol. The van der Waals surface area contributed by atoms with Crippen molar-refractivity contribution in [1.29, 1.82) is 0 Å². The van der Waals surface area contributed by atoms with Crippen LogP contribution < -0.4 is 9.47 Å². The van der Waals surface area contributed by atoms with Crippen LogP contribution in [0.25, 0.3) is 22.3 Å². The highest BCUT2D eigenvalue weighted by molar-refractivity contribution is 5.90. The molecule has 0 aromatic heterocycles. The van der Waals surface area contributed by atoms with E-state index in [4.69, 9.17) is 18.9 Å². The fourth-order valence-corrected chi connectivity index (χ4v) is 4.69. The van der Waals surface area contributed by atoms with Crippen LogP contribution in [0.2, 0.25) is 0 Å². The summed E-state index contributed by atoms with van der Waals surface area (Å²) < 4.78 is 22.7. The van der Waals surface area contributed by atoms with Crippen molar-refractivity contribution in [2.45, 2.75) is 71.4 Å². The molecule has 1 heterocycles. The number of hydrogen-bond donors (Lipinski definition) is 1. The highest BCUT2D eigenvalue weighted by Crippen LogP contribution is 2.36. The minimum Gasteiger partial charge on any atom is -0.461 e. The maximum atomic E-state index is 12.5. The third kappa shape index (κ3) is 8.89. The summed E-state index contributed by atoms with van der Waals surface area (Å²) in [6.07, 6.45) is 6.14. The summed E-state index contributed by atoms with van der Waals surface area (Å²) >= 11 is 0. The van der Waals surface area contributed by atoms with Crippen LogP contribution >= 0.6 is 0 Å². The molecule has 1 saturated heterocycles. The number of carbonyl (C=O) groups is 1. The second-order valence-electron chi connectivity index (χ2n) is 10.8. The minimum absolute atomic E-state index is 0.148. The smallest absolute Gasteiger partial charge is 0.338 e. The van der Waals surface area contributed by atoms with Crippen LogP contribution in [0.3, 0.4) is 0 Å². The molecule has 0 amide bonds. The lowest BCUT2D eigenvalue weighted by Gasteiger charge is -2.24. The first-order valence-corrected chi connectivity index (χ1v) is 14.8. The number of carbonyl (C=O) groups excluding carboxylic acids is 1. The van der Waals surface area contributed by atoms with E-state index in [-0.39, 0.29) is 12.9 Å². The van der Waals surface area contributed by atoms with E-state index in [2.05, 4.69) is 44.3 Å². The zero-order valence-corrected chi connectivity index (χ0v) is 24.8. The Kier molecular flexibility index (Phi) is 11.5. The van der Waals surface area contributed by atoms with Crippen molar-refractivity contribution >= 4 is 5.97 Å². The number of aliphatic hydroxyl groups is 1. The third-order valence-electron chi connectivity index (χ3n) is 7.24. The molecule has 0 aliphatic carbocycles. The lowest BCUT2D eigenvalue weighted by molar-refractivity contribution is -0.160. The van der Waals surface area contributed by atoms with Crippen molar-refractivity contribution in [3.05, 3.63) is 96.6 Å². The molecule has 42 heavy (non-hydrogen) atoms. The van der Waals surface area contributed by atoms with Crippen molar-refractivity contribution in [2.24, 2.45) is 0 Å². The molecule has 1 aliphatic rings. The molecule has 2 unspecified atom stereocenters. The van der Waals surface area contributed by atoms with Crippen LogP contribution in [0.4, 0.5) is 0 Å². The predicted molar refractivity (Wildman–Crippen MR) is 166 cm³/mol. The molecule has 2 atom stereocenters. The number of rotatable bonds is 14. The third-order valence-corrected chi connectivity index (χ3v) is 7.24. The zero-order chi connectivity index (χ0) is 29.9. The molecule has 222 valence electrons. The Bertz CT molecular complexity index is 1340. The Labute approximate surface area is 249 Å². The van der Waals surface area contributed by atoms with Gasteiger partial charge in [0.1, 0.15) is 11.5 Å². The van der Waals surface area contributed by atoms with Gasteiger partial charge in [0, 0.05) is 23.3 Å². The largest absolute Gasteiger partial charge is 0.461 e. The Morgan fingerprint density at radius 2 is 1.69 bits per heavy atom. The van der Waals surface area contributed by atoms with Gasteiger partial charge in [0.25, 0.3) is 0 Å². The number of aryl methyl sites for hydroxylation is 1. The molecule has 0 radical (unpaired) electrons. The second kappa shape index (κ2) is 15.5. The van der Waals surface area contributed by atoms with E-state index in [9.17, 15) is 9.90 Å². The van der Waals surface area contributed by atoms with Gasteiger partial charge in [-0.25, -0.2) is 4.79 Å². The van der Waals surface area contributed by atoms with Gasteiger partial charge in [0.15, 0.2) is 6.29 Å². The van der Waals surface area contributed by atoms with Gasteiger partial charge in [0.05, 0.1) is 6.61 Å². The van der Waals surface area contributed by atoms with E-state index in [0.717, 1.165) is 47.9 Å². The number of ether oxygens (including phenoxy) is 4. The second-order valence-corrected chi connectivity index (χ2v) is 10.8. The van der Waals surface area contributed by atoms with Crippen molar-refractivity contribution in [3.63, 3.8) is 0 Å². The first-order chi connectivity index (χ1) is 20.3. The summed E-state index contributed by atoms with van der Waals surface area (Å²) in [5.41, 5.74) is 5.63. The van der Waals surface area contributed by atoms with Crippen LogP contribution in [0, 0.1) is 0 Å². The molecule has 6 nitrogen and oxygen atoms in total. The van der Waals surface area contributed by atoms with Crippen LogP contribution in [0.15, 0.2) is 91.0 Å². The molecular formula is C36H42O6. The van der Waals surface area contributed by atoms with Gasteiger partial charge < -0.3 is 24.1 Å². The number of aliphatic hydroxyl groups excluding tert-OH is 1. The average molecular weight is 571 g/mol. The van der Waals surface area contributed by atoms with E-state index in [1.807, 2.05) is 30.3 Å². The molecule has 1 N–H and O–H groups in total. The molecule has 3 aromatic rings. The van der Waals surface area contributed by atoms with Gasteiger partial charge in [-0.2, -0.15) is 0 Å². The van der Waals surface area contributed by atoms with Gasteiger partial charge in [-0.05, 0) is 79.5 Å². The lowest BCUT2D eigenvalue weighted by atomic mass is 9.97. The molecule has 1 aliphatic heterocycles. The fourth-order valence-electron chi connectivity index (χ4n) is 4.69. The summed E-state index contributed by atoms with van der Waals surface area (Å²) in [5.74, 6) is 0.427. The molecule has 0 bridgehead atoms. The van der Waals surface area contributed by atoms with Gasteiger partial charge in [-0.1, -0.05) is 81.5 Å². The van der Waals surface area contributed by atoms with Crippen molar-refractivity contribution < 1.29 is 28.8 Å². The first-order valence-electron chi connectivity index (χ1n) is 14.8. The van der Waals surface area contributed by atoms with E-state index in [1.165, 1.54) is 24.8 Å². The molecule has 4 rings (SSSR count). The Hall–Kier alpha value is -3.71. The fraction of sp³-hybridized carbons (Fsp3) is 0.361. The number of benzene rings is 3. The normalized spacial score (nSPS) is 15.5. The van der Waals surface area contributed by atoms with E-state index in [1.54, 1.807) is 19.1 Å². The van der Waals surface area contributed by atoms with E-state index < -0.39 is 12.3 Å². The number of hydrogen-bond acceptors (Lipinski definition) is 6. The summed E-state index contributed by atoms with van der Waals surface area (Å²) in [7, 11) is 0. The summed E-state index contributed by atoms with van der Waals surface area (Å²) in [5, 5.41) is 10.5. The molecule has 0 spiro atoms. The van der Waals surface area contributed by atoms with Crippen molar-refractivity contribution in [1.82, 2.24) is 0 Å². The Balaban J connectivity index is 1.46. The molecule has 6 heteroatoms. The zero-order valence-electron chi connectivity index (χ0n) is 24.8. The van der Waals surface area contributed by atoms with Crippen LogP contribution in [-0.2, 0) is 20.7 Å². The van der Waals surface area contributed by atoms with Gasteiger partial charge >= 0.3 is 5.97 Å². The Morgan fingerprint density at radius 3 is 2.36 bits per heavy atom. The first kappa shape index (κ1) is 31.2. The highest BCUT2D eigenvalue weighted by atomic mass is 16.7. The predicted octanol–water partition coefficient (Wildman–Crippen LogP) is 8.03. The van der Waals surface area contributed by atoms with Crippen LogP contribution in [0.5, 0.6) is 11.5 Å². The van der Waals surface area contributed by atoms with E-state index >= 15 is 0 Å². The van der Waals surface area contributed by atoms with Gasteiger partial charge in [0.2, 0.25) is 6.29 Å². The lowest BCUT2D eigenvalue weighted by Crippen LogP contribution is -2.26. The maximum absolute atomic E-state index is 12.5. The molecule has 3 aromatic carbocycles. The quantitative estimate of drug-likeness (QED) is 0.0528. The summed E-state index contributed by atoms with van der Waals surface area (Å²) in [6, 6.07) is 21.6. The minimum atomic E-state index is -1.22. The summed E-state index contributed by atoms with van der Waals surface area (Å²) in [6.45, 7) is 12.3. The molecule has 1 fully saturated rings. The van der Waals surface area contributed by atoms with Gasteiger partial charge in [-0.15, -0.1) is 0 Å². The molecule has 0 saturated carbocycles. The van der Waals surface area contributed by atoms with Crippen molar-refractivity contribution in [3.8, 4) is 33.8 Å². The topological polar surface area (TPSA) is 74.2 Å². The Morgan fingerprint density at radius 1 is 0.976 bits per heavy atom. The SMILES string of the molecule is C=C(C)C(=O)Oc1cc(-c2ccc(CCCCC)cc2)ccc1-c1ccc(OC(O)C(=C)COC2CCCCO2)cc1. The van der Waals surface area contributed by atoms with E-state index in [0.29, 0.717) is 29.3 Å². The summed E-state index contributed by atoms with van der Waals surface area (Å²) in [4.78, 5) is 12.5.